The smallest absolute Gasteiger partial charge is 0.228 e. The number of benzene rings is 2. The Labute approximate surface area is 147 Å². The van der Waals surface area contributed by atoms with Crippen LogP contribution in [0.5, 0.6) is 23.0 Å². The third-order valence-corrected chi connectivity index (χ3v) is 3.82. The largest absolute Gasteiger partial charge is 0.493 e. The highest BCUT2D eigenvalue weighted by Gasteiger charge is 2.12. The fraction of sp³-hybridized carbons (Fsp3) is 0.316. The van der Waals surface area contributed by atoms with E-state index in [-0.39, 0.29) is 12.3 Å². The molecular formula is C19H23NO5. The Hall–Kier alpha value is -2.89. The van der Waals surface area contributed by atoms with Crippen molar-refractivity contribution in [1.29, 1.82) is 0 Å². The lowest BCUT2D eigenvalue weighted by Crippen LogP contribution is -2.15. The van der Waals surface area contributed by atoms with Crippen LogP contribution in [-0.4, -0.2) is 34.3 Å². The first-order chi connectivity index (χ1) is 12.0. The van der Waals surface area contributed by atoms with E-state index in [2.05, 4.69) is 5.32 Å². The predicted octanol–water partition coefficient (Wildman–Crippen LogP) is 3.21. The lowest BCUT2D eigenvalue weighted by molar-refractivity contribution is -0.115. The van der Waals surface area contributed by atoms with Gasteiger partial charge in [0.05, 0.1) is 34.9 Å². The third kappa shape index (κ3) is 4.35. The first-order valence-corrected chi connectivity index (χ1v) is 7.75. The number of carbonyl (C=O) groups excluding carboxylic acids is 1. The molecule has 0 spiro atoms. The molecule has 134 valence electrons. The molecule has 1 N–H and O–H groups in total. The molecule has 0 heterocycles. The molecule has 0 aliphatic rings. The number of amides is 1. The van der Waals surface area contributed by atoms with Crippen LogP contribution >= 0.6 is 0 Å². The molecular weight excluding hydrogens is 322 g/mol. The van der Waals surface area contributed by atoms with Gasteiger partial charge in [0.25, 0.3) is 0 Å². The molecule has 6 heteroatoms. The van der Waals surface area contributed by atoms with Crippen molar-refractivity contribution >= 4 is 11.6 Å². The van der Waals surface area contributed by atoms with Crippen LogP contribution in [0.3, 0.4) is 0 Å². The van der Waals surface area contributed by atoms with Crippen LogP contribution in [0.25, 0.3) is 0 Å². The van der Waals surface area contributed by atoms with Crippen molar-refractivity contribution < 1.29 is 23.7 Å². The van der Waals surface area contributed by atoms with Crippen molar-refractivity contribution in [3.05, 3.63) is 41.5 Å². The Balaban J connectivity index is 2.15. The zero-order valence-electron chi connectivity index (χ0n) is 15.1. The fourth-order valence-corrected chi connectivity index (χ4v) is 2.49. The maximum Gasteiger partial charge on any atom is 0.228 e. The molecule has 0 aromatic heterocycles. The topological polar surface area (TPSA) is 66.0 Å². The van der Waals surface area contributed by atoms with E-state index in [1.807, 2.05) is 19.1 Å². The van der Waals surface area contributed by atoms with E-state index in [9.17, 15) is 4.79 Å². The van der Waals surface area contributed by atoms with Gasteiger partial charge in [-0.3, -0.25) is 4.79 Å². The number of rotatable bonds is 7. The molecule has 0 bridgehead atoms. The molecule has 0 atom stereocenters. The van der Waals surface area contributed by atoms with Gasteiger partial charge in [0.15, 0.2) is 23.0 Å². The van der Waals surface area contributed by atoms with Crippen LogP contribution in [0.15, 0.2) is 30.3 Å². The maximum absolute atomic E-state index is 12.4. The highest BCUT2D eigenvalue weighted by atomic mass is 16.5. The first kappa shape index (κ1) is 18.4. The van der Waals surface area contributed by atoms with Crippen molar-refractivity contribution in [2.24, 2.45) is 0 Å². The highest BCUT2D eigenvalue weighted by molar-refractivity contribution is 5.93. The molecule has 2 rings (SSSR count). The summed E-state index contributed by atoms with van der Waals surface area (Å²) >= 11 is 0. The number of hydrogen-bond donors (Lipinski definition) is 1. The Morgan fingerprint density at radius 1 is 0.840 bits per heavy atom. The van der Waals surface area contributed by atoms with Gasteiger partial charge in [-0.05, 0) is 36.2 Å². The maximum atomic E-state index is 12.4. The number of ether oxygens (including phenoxy) is 4. The van der Waals surface area contributed by atoms with Crippen molar-refractivity contribution in [3.8, 4) is 23.0 Å². The van der Waals surface area contributed by atoms with E-state index in [0.29, 0.717) is 28.7 Å². The van der Waals surface area contributed by atoms with Gasteiger partial charge in [0, 0.05) is 11.8 Å². The molecule has 6 nitrogen and oxygen atoms in total. The van der Waals surface area contributed by atoms with E-state index < -0.39 is 0 Å². The summed E-state index contributed by atoms with van der Waals surface area (Å²) in [6.45, 7) is 1.90. The predicted molar refractivity (Wildman–Crippen MR) is 96.2 cm³/mol. The number of aryl methyl sites for hydroxylation is 1. The van der Waals surface area contributed by atoms with Gasteiger partial charge in [0.1, 0.15) is 0 Å². The van der Waals surface area contributed by atoms with Crippen molar-refractivity contribution in [3.63, 3.8) is 0 Å². The van der Waals surface area contributed by atoms with E-state index in [1.165, 1.54) is 0 Å². The second kappa shape index (κ2) is 8.28. The SMILES string of the molecule is COc1ccc(CC(=O)Nc2cc(OC)c(OC)cc2C)cc1OC. The number of nitrogens with one attached hydrogen (secondary N) is 1. The fourth-order valence-electron chi connectivity index (χ4n) is 2.49. The van der Waals surface area contributed by atoms with Gasteiger partial charge in [-0.15, -0.1) is 0 Å². The van der Waals surface area contributed by atoms with Gasteiger partial charge in [0.2, 0.25) is 5.91 Å². The summed E-state index contributed by atoms with van der Waals surface area (Å²) in [6, 6.07) is 8.98. The number of hydrogen-bond acceptors (Lipinski definition) is 5. The molecule has 0 saturated heterocycles. The van der Waals surface area contributed by atoms with Crippen molar-refractivity contribution in [1.82, 2.24) is 0 Å². The Bertz CT molecular complexity index is 758. The average Bonchev–Trinajstić information content (AvgIpc) is 2.62. The summed E-state index contributed by atoms with van der Waals surface area (Å²) in [4.78, 5) is 12.4. The van der Waals surface area contributed by atoms with Crippen LogP contribution < -0.4 is 24.3 Å². The lowest BCUT2D eigenvalue weighted by Gasteiger charge is -2.14. The summed E-state index contributed by atoms with van der Waals surface area (Å²) in [6.07, 6.45) is 0.216. The zero-order chi connectivity index (χ0) is 18.4. The van der Waals surface area contributed by atoms with Crippen LogP contribution in [0.1, 0.15) is 11.1 Å². The molecule has 0 saturated carbocycles. The van der Waals surface area contributed by atoms with Gasteiger partial charge < -0.3 is 24.3 Å². The number of methoxy groups -OCH3 is 4. The summed E-state index contributed by atoms with van der Waals surface area (Å²) in [7, 11) is 6.27. The second-order valence-electron chi connectivity index (χ2n) is 5.44. The second-order valence-corrected chi connectivity index (χ2v) is 5.44. The number of anilines is 1. The molecule has 0 fully saturated rings. The molecule has 0 aliphatic carbocycles. The van der Waals surface area contributed by atoms with Gasteiger partial charge in [-0.1, -0.05) is 6.07 Å². The van der Waals surface area contributed by atoms with Crippen LogP contribution in [0.4, 0.5) is 5.69 Å². The van der Waals surface area contributed by atoms with Crippen LogP contribution in [0, 0.1) is 6.92 Å². The van der Waals surface area contributed by atoms with E-state index >= 15 is 0 Å². The molecule has 0 unspecified atom stereocenters. The lowest BCUT2D eigenvalue weighted by atomic mass is 10.1. The van der Waals surface area contributed by atoms with E-state index in [0.717, 1.165) is 11.1 Å². The molecule has 2 aromatic rings. The third-order valence-electron chi connectivity index (χ3n) is 3.82. The average molecular weight is 345 g/mol. The Kier molecular flexibility index (Phi) is 6.11. The monoisotopic (exact) mass is 345 g/mol. The highest BCUT2D eigenvalue weighted by Crippen LogP contribution is 2.33. The van der Waals surface area contributed by atoms with Gasteiger partial charge >= 0.3 is 0 Å². The van der Waals surface area contributed by atoms with Gasteiger partial charge in [-0.2, -0.15) is 0 Å². The summed E-state index contributed by atoms with van der Waals surface area (Å²) < 4.78 is 21.0. The summed E-state index contributed by atoms with van der Waals surface area (Å²) in [5.41, 5.74) is 2.40. The normalized spacial score (nSPS) is 10.1. The number of carbonyl (C=O) groups is 1. The molecule has 0 radical (unpaired) electrons. The molecule has 25 heavy (non-hydrogen) atoms. The van der Waals surface area contributed by atoms with Gasteiger partial charge in [-0.25, -0.2) is 0 Å². The molecule has 1 amide bonds. The minimum absolute atomic E-state index is 0.137. The minimum Gasteiger partial charge on any atom is -0.493 e. The quantitative estimate of drug-likeness (QED) is 0.835. The van der Waals surface area contributed by atoms with Crippen LogP contribution in [0.2, 0.25) is 0 Å². The minimum atomic E-state index is -0.137. The molecule has 0 aliphatic heterocycles. The van der Waals surface area contributed by atoms with Crippen LogP contribution in [-0.2, 0) is 11.2 Å². The summed E-state index contributed by atoms with van der Waals surface area (Å²) in [5.74, 6) is 2.27. The Morgan fingerprint density at radius 3 is 2.00 bits per heavy atom. The van der Waals surface area contributed by atoms with Crippen molar-refractivity contribution in [2.75, 3.05) is 33.8 Å². The molecule has 2 aromatic carbocycles. The Morgan fingerprint density at radius 2 is 1.40 bits per heavy atom. The standard InChI is InChI=1S/C19H23NO5/c1-12-8-16(23-3)18(25-5)11-14(12)20-19(21)10-13-6-7-15(22-2)17(9-13)24-4/h6-9,11H,10H2,1-5H3,(H,20,21). The van der Waals surface area contributed by atoms with Crippen molar-refractivity contribution in [2.45, 2.75) is 13.3 Å². The zero-order valence-corrected chi connectivity index (χ0v) is 15.1. The van der Waals surface area contributed by atoms with E-state index in [4.69, 9.17) is 18.9 Å². The van der Waals surface area contributed by atoms with E-state index in [1.54, 1.807) is 46.6 Å². The first-order valence-electron chi connectivity index (χ1n) is 7.75. The summed E-state index contributed by atoms with van der Waals surface area (Å²) in [5, 5.41) is 2.90.